The van der Waals surface area contributed by atoms with E-state index in [0.29, 0.717) is 37.8 Å². The van der Waals surface area contributed by atoms with Gasteiger partial charge >= 0.3 is 5.97 Å². The third-order valence-electron chi connectivity index (χ3n) is 7.12. The molecule has 0 radical (unpaired) electrons. The van der Waals surface area contributed by atoms with Crippen LogP contribution >= 0.6 is 0 Å². The molecule has 1 saturated carbocycles. The van der Waals surface area contributed by atoms with Crippen molar-refractivity contribution in [3.05, 3.63) is 35.4 Å². The lowest BCUT2D eigenvalue weighted by atomic mass is 9.84. The zero-order chi connectivity index (χ0) is 25.6. The number of hydrogen-bond donors (Lipinski definition) is 5. The van der Waals surface area contributed by atoms with E-state index in [0.717, 1.165) is 32.1 Å². The van der Waals surface area contributed by atoms with Gasteiger partial charge < -0.3 is 30.4 Å². The molecule has 1 aliphatic rings. The van der Waals surface area contributed by atoms with Crippen LogP contribution in [0.5, 0.6) is 0 Å². The van der Waals surface area contributed by atoms with Crippen LogP contribution in [0.1, 0.15) is 75.3 Å². The molecule has 0 bridgehead atoms. The van der Waals surface area contributed by atoms with E-state index >= 15 is 0 Å². The third-order valence-corrected chi connectivity index (χ3v) is 7.12. The minimum absolute atomic E-state index is 0.00871. The molecule has 198 valence electrons. The number of benzene rings is 1. The van der Waals surface area contributed by atoms with Gasteiger partial charge in [0.25, 0.3) is 0 Å². The number of carbonyl (C=O) groups is 1. The molecule has 8 heteroatoms. The molecular weight excluding hydrogens is 450 g/mol. The zero-order valence-corrected chi connectivity index (χ0v) is 20.9. The Kier molecular flexibility index (Phi) is 13.3. The fourth-order valence-electron chi connectivity index (χ4n) is 4.97. The van der Waals surface area contributed by atoms with Gasteiger partial charge in [-0.15, -0.1) is 0 Å². The van der Waals surface area contributed by atoms with E-state index in [1.54, 1.807) is 0 Å². The van der Waals surface area contributed by atoms with E-state index < -0.39 is 24.9 Å². The molecule has 0 heterocycles. The SMILES string of the molecule is Cc1ccccc1CC[C@H](O)CCC1/C(=N\O)C[C@H](O)C1CCCCCCC(=O)OCC(O)CO. The van der Waals surface area contributed by atoms with Gasteiger partial charge in [0.1, 0.15) is 12.7 Å². The molecule has 0 amide bonds. The summed E-state index contributed by atoms with van der Waals surface area (Å²) < 4.78 is 4.89. The van der Waals surface area contributed by atoms with Crippen LogP contribution in [-0.4, -0.2) is 68.8 Å². The Labute approximate surface area is 208 Å². The molecule has 2 rings (SSSR count). The Morgan fingerprint density at radius 2 is 1.83 bits per heavy atom. The quantitative estimate of drug-likeness (QED) is 0.103. The van der Waals surface area contributed by atoms with Crippen molar-refractivity contribution in [1.29, 1.82) is 0 Å². The maximum atomic E-state index is 11.6. The maximum absolute atomic E-state index is 11.6. The molecular formula is C27H43NO7. The van der Waals surface area contributed by atoms with E-state index in [9.17, 15) is 25.3 Å². The Hall–Kier alpha value is -2.00. The highest BCUT2D eigenvalue weighted by molar-refractivity contribution is 5.89. The lowest BCUT2D eigenvalue weighted by Crippen LogP contribution is -2.22. The van der Waals surface area contributed by atoms with E-state index in [2.05, 4.69) is 24.2 Å². The van der Waals surface area contributed by atoms with Gasteiger partial charge in [-0.3, -0.25) is 4.79 Å². The fourth-order valence-corrected chi connectivity index (χ4v) is 4.97. The van der Waals surface area contributed by atoms with E-state index in [4.69, 9.17) is 9.84 Å². The van der Waals surface area contributed by atoms with Crippen molar-refractivity contribution >= 4 is 11.7 Å². The lowest BCUT2D eigenvalue weighted by molar-refractivity contribution is -0.147. The Bertz CT molecular complexity index is 785. The first-order valence-electron chi connectivity index (χ1n) is 12.9. The van der Waals surface area contributed by atoms with Crippen molar-refractivity contribution in [3.63, 3.8) is 0 Å². The number of aliphatic hydroxyl groups is 4. The molecule has 1 aromatic rings. The minimum atomic E-state index is -1.04. The molecule has 35 heavy (non-hydrogen) atoms. The first kappa shape index (κ1) is 29.2. The first-order chi connectivity index (χ1) is 16.8. The van der Waals surface area contributed by atoms with Crippen molar-refractivity contribution in [3.8, 4) is 0 Å². The van der Waals surface area contributed by atoms with Crippen molar-refractivity contribution < 1.29 is 35.2 Å². The van der Waals surface area contributed by atoms with Crippen LogP contribution in [0, 0.1) is 18.8 Å². The summed E-state index contributed by atoms with van der Waals surface area (Å²) in [5.74, 6) is -0.404. The van der Waals surface area contributed by atoms with Crippen LogP contribution in [0.2, 0.25) is 0 Å². The molecule has 0 aromatic heterocycles. The predicted molar refractivity (Wildman–Crippen MR) is 133 cm³/mol. The maximum Gasteiger partial charge on any atom is 0.305 e. The highest BCUT2D eigenvalue weighted by atomic mass is 16.5. The molecule has 5 atom stereocenters. The normalized spacial score (nSPS) is 22.9. The topological polar surface area (TPSA) is 140 Å². The number of aliphatic hydroxyl groups excluding tert-OH is 4. The second kappa shape index (κ2) is 15.9. The van der Waals surface area contributed by atoms with Gasteiger partial charge in [0.15, 0.2) is 0 Å². The predicted octanol–water partition coefficient (Wildman–Crippen LogP) is 3.13. The summed E-state index contributed by atoms with van der Waals surface area (Å²) >= 11 is 0. The largest absolute Gasteiger partial charge is 0.463 e. The number of hydrogen-bond acceptors (Lipinski definition) is 8. The molecule has 1 fully saturated rings. The summed E-state index contributed by atoms with van der Waals surface area (Å²) in [4.78, 5) is 11.6. The summed E-state index contributed by atoms with van der Waals surface area (Å²) in [5.41, 5.74) is 3.10. The number of nitrogens with zero attached hydrogens (tertiary/aromatic N) is 1. The highest BCUT2D eigenvalue weighted by Gasteiger charge is 2.39. The van der Waals surface area contributed by atoms with Crippen LogP contribution in [0.25, 0.3) is 0 Å². The van der Waals surface area contributed by atoms with Crippen molar-refractivity contribution in [1.82, 2.24) is 0 Å². The summed E-state index contributed by atoms with van der Waals surface area (Å²) in [7, 11) is 0. The molecule has 5 N–H and O–H groups in total. The Morgan fingerprint density at radius 1 is 1.09 bits per heavy atom. The van der Waals surface area contributed by atoms with E-state index in [-0.39, 0.29) is 30.8 Å². The summed E-state index contributed by atoms with van der Waals surface area (Å²) in [6.45, 7) is 1.45. The van der Waals surface area contributed by atoms with Crippen LogP contribution < -0.4 is 0 Å². The van der Waals surface area contributed by atoms with Crippen molar-refractivity contribution in [2.24, 2.45) is 17.0 Å². The second-order valence-electron chi connectivity index (χ2n) is 9.80. The van der Waals surface area contributed by atoms with Gasteiger partial charge in [0.05, 0.1) is 24.5 Å². The number of rotatable bonds is 16. The van der Waals surface area contributed by atoms with E-state index in [1.807, 2.05) is 12.1 Å². The van der Waals surface area contributed by atoms with Gasteiger partial charge in [0, 0.05) is 18.8 Å². The van der Waals surface area contributed by atoms with Gasteiger partial charge in [-0.25, -0.2) is 0 Å². The number of aryl methyl sites for hydroxylation is 2. The monoisotopic (exact) mass is 493 g/mol. The average molecular weight is 494 g/mol. The average Bonchev–Trinajstić information content (AvgIpc) is 3.16. The van der Waals surface area contributed by atoms with Crippen molar-refractivity contribution in [2.75, 3.05) is 13.2 Å². The van der Waals surface area contributed by atoms with Gasteiger partial charge in [-0.1, -0.05) is 48.7 Å². The number of carbonyl (C=O) groups excluding carboxylic acids is 1. The molecule has 1 aliphatic carbocycles. The van der Waals surface area contributed by atoms with Gasteiger partial charge in [-0.05, 0) is 62.5 Å². The summed E-state index contributed by atoms with van der Waals surface area (Å²) in [5, 5.41) is 51.9. The Morgan fingerprint density at radius 3 is 2.54 bits per heavy atom. The summed E-state index contributed by atoms with van der Waals surface area (Å²) in [6, 6.07) is 8.19. The van der Waals surface area contributed by atoms with E-state index in [1.165, 1.54) is 11.1 Å². The van der Waals surface area contributed by atoms with Crippen molar-refractivity contribution in [2.45, 2.75) is 95.9 Å². The highest BCUT2D eigenvalue weighted by Crippen LogP contribution is 2.37. The zero-order valence-electron chi connectivity index (χ0n) is 20.9. The molecule has 0 aliphatic heterocycles. The standard InChI is InChI=1S/C27H43NO7/c1-19-8-6-7-9-20(19)12-13-21(30)14-15-23-24(26(32)16-25(23)28-34)10-4-2-3-5-11-27(33)35-18-22(31)17-29/h6-9,21-24,26,29-32,34H,2-5,10-18H2,1H3/b28-25-/t21-,22?,23?,24?,26-/m0/s1. The first-order valence-corrected chi connectivity index (χ1v) is 12.9. The smallest absolute Gasteiger partial charge is 0.305 e. The lowest BCUT2D eigenvalue weighted by Gasteiger charge is -2.23. The van der Waals surface area contributed by atoms with Crippen LogP contribution in [0.15, 0.2) is 29.4 Å². The molecule has 3 unspecified atom stereocenters. The second-order valence-corrected chi connectivity index (χ2v) is 9.80. The van der Waals surface area contributed by atoms with Crippen LogP contribution in [0.3, 0.4) is 0 Å². The number of ether oxygens (including phenoxy) is 1. The van der Waals surface area contributed by atoms with Crippen LogP contribution in [-0.2, 0) is 16.0 Å². The molecule has 0 spiro atoms. The van der Waals surface area contributed by atoms with Gasteiger partial charge in [-0.2, -0.15) is 0 Å². The number of unbranched alkanes of at least 4 members (excludes halogenated alkanes) is 3. The Balaban J connectivity index is 1.70. The fraction of sp³-hybridized carbons (Fsp3) is 0.704. The van der Waals surface area contributed by atoms with Gasteiger partial charge in [0.2, 0.25) is 0 Å². The molecule has 8 nitrogen and oxygen atoms in total. The molecule has 1 aromatic carbocycles. The number of oxime groups is 1. The summed E-state index contributed by atoms with van der Waals surface area (Å²) in [6.07, 6.45) is 5.55. The number of esters is 1. The molecule has 0 saturated heterocycles. The van der Waals surface area contributed by atoms with Crippen LogP contribution in [0.4, 0.5) is 0 Å². The third kappa shape index (κ3) is 10.3. The minimum Gasteiger partial charge on any atom is -0.463 e.